The molecule has 0 bridgehead atoms. The number of nitro groups is 1. The second-order valence-electron chi connectivity index (χ2n) is 4.44. The Morgan fingerprint density at radius 3 is 2.52 bits per heavy atom. The summed E-state index contributed by atoms with van der Waals surface area (Å²) in [4.78, 5) is 22.7. The first-order valence-electron chi connectivity index (χ1n) is 6.07. The van der Waals surface area contributed by atoms with Crippen molar-refractivity contribution in [2.24, 2.45) is 0 Å². The average molecular weight is 283 g/mol. The third-order valence-corrected chi connectivity index (χ3v) is 3.10. The lowest BCUT2D eigenvalue weighted by Crippen LogP contribution is -2.04. The second-order valence-corrected chi connectivity index (χ2v) is 4.44. The fraction of sp³-hybridized carbons (Fsp3) is 0. The van der Waals surface area contributed by atoms with Crippen LogP contribution in [-0.4, -0.2) is 15.8 Å². The van der Waals surface area contributed by atoms with Gasteiger partial charge in [0.05, 0.1) is 6.07 Å². The number of carbonyl (C=O) groups excluding carboxylic acids is 1. The molecule has 0 atom stereocenters. The lowest BCUT2D eigenvalue weighted by atomic mass is 10.0. The molecular weight excluding hydrogens is 274 g/mol. The van der Waals surface area contributed by atoms with Crippen molar-refractivity contribution in [2.75, 3.05) is 0 Å². The summed E-state index contributed by atoms with van der Waals surface area (Å²) in [6, 6.07) is 11.9. The second kappa shape index (κ2) is 4.75. The van der Waals surface area contributed by atoms with Crippen LogP contribution in [0.1, 0.15) is 16.1 Å². The van der Waals surface area contributed by atoms with Gasteiger partial charge in [-0.3, -0.25) is 14.9 Å². The molecule has 1 aliphatic heterocycles. The van der Waals surface area contributed by atoms with E-state index in [-0.39, 0.29) is 17.1 Å². The van der Waals surface area contributed by atoms with Crippen molar-refractivity contribution in [2.45, 2.75) is 0 Å². The Kier molecular flexibility index (Phi) is 2.91. The Morgan fingerprint density at radius 1 is 1.14 bits per heavy atom. The third kappa shape index (κ3) is 2.23. The molecular formula is C15H9NO5. The van der Waals surface area contributed by atoms with Gasteiger partial charge < -0.3 is 9.52 Å². The van der Waals surface area contributed by atoms with Crippen molar-refractivity contribution in [3.8, 4) is 16.9 Å². The van der Waals surface area contributed by atoms with E-state index < -0.39 is 16.6 Å². The third-order valence-electron chi connectivity index (χ3n) is 3.10. The van der Waals surface area contributed by atoms with E-state index in [4.69, 9.17) is 4.42 Å². The molecule has 0 saturated carbocycles. The molecule has 0 unspecified atom stereocenters. The first-order chi connectivity index (χ1) is 10.1. The molecule has 0 spiro atoms. The minimum absolute atomic E-state index is 0.0287. The van der Waals surface area contributed by atoms with E-state index in [2.05, 4.69) is 0 Å². The summed E-state index contributed by atoms with van der Waals surface area (Å²) in [5, 5.41) is 20.1. The summed E-state index contributed by atoms with van der Waals surface area (Å²) in [6.07, 6.45) is 0. The van der Waals surface area contributed by atoms with Crippen LogP contribution >= 0.6 is 0 Å². The number of nitrogens with zero attached hydrogens (tertiary/aromatic N) is 1. The highest BCUT2D eigenvalue weighted by atomic mass is 16.6. The van der Waals surface area contributed by atoms with Crippen molar-refractivity contribution in [3.63, 3.8) is 0 Å². The van der Waals surface area contributed by atoms with Crippen molar-refractivity contribution in [1.29, 1.82) is 0 Å². The van der Waals surface area contributed by atoms with E-state index in [9.17, 15) is 20.0 Å². The van der Waals surface area contributed by atoms with Gasteiger partial charge in [0.2, 0.25) is 5.78 Å². The summed E-state index contributed by atoms with van der Waals surface area (Å²) < 4.78 is 5.15. The van der Waals surface area contributed by atoms with Gasteiger partial charge in [0.25, 0.3) is 0 Å². The summed E-state index contributed by atoms with van der Waals surface area (Å²) in [6.45, 7) is 0. The highest BCUT2D eigenvalue weighted by Gasteiger charge is 2.24. The van der Waals surface area contributed by atoms with Crippen LogP contribution in [0.3, 0.4) is 0 Å². The van der Waals surface area contributed by atoms with Crippen molar-refractivity contribution in [1.82, 2.24) is 0 Å². The fourth-order valence-electron chi connectivity index (χ4n) is 2.09. The molecule has 0 amide bonds. The molecule has 1 N–H and O–H groups in total. The van der Waals surface area contributed by atoms with Gasteiger partial charge in [-0.2, -0.15) is 0 Å². The Balaban J connectivity index is 2.15. The molecule has 21 heavy (non-hydrogen) atoms. The maximum Gasteiger partial charge on any atom is 0.434 e. The zero-order chi connectivity index (χ0) is 15.0. The number of phenols is 1. The smallest absolute Gasteiger partial charge is 0.434 e. The van der Waals surface area contributed by atoms with Crippen LogP contribution in [0.25, 0.3) is 11.1 Å². The molecule has 6 heteroatoms. The largest absolute Gasteiger partial charge is 0.508 e. The van der Waals surface area contributed by atoms with Crippen LogP contribution in [0.4, 0.5) is 5.88 Å². The van der Waals surface area contributed by atoms with E-state index in [1.54, 1.807) is 18.2 Å². The topological polar surface area (TPSA) is 93.6 Å². The predicted molar refractivity (Wildman–Crippen MR) is 73.5 cm³/mol. The van der Waals surface area contributed by atoms with Crippen LogP contribution < -0.4 is 0 Å². The maximum absolute atomic E-state index is 12.4. The van der Waals surface area contributed by atoms with Gasteiger partial charge in [-0.05, 0) is 29.8 Å². The van der Waals surface area contributed by atoms with Crippen LogP contribution in [-0.2, 0) is 0 Å². The minimum Gasteiger partial charge on any atom is -0.508 e. The molecule has 1 aliphatic carbocycles. The quantitative estimate of drug-likeness (QED) is 0.452. The molecule has 1 heterocycles. The number of benzene rings is 1. The lowest BCUT2D eigenvalue weighted by Gasteiger charge is -2.06. The van der Waals surface area contributed by atoms with Gasteiger partial charge in [-0.25, -0.2) is 0 Å². The summed E-state index contributed by atoms with van der Waals surface area (Å²) in [5.41, 5.74) is 1.35. The summed E-state index contributed by atoms with van der Waals surface area (Å²) in [5.74, 6) is -1.03. The van der Waals surface area contributed by atoms with Crippen LogP contribution in [0.15, 0.2) is 52.9 Å². The number of fused-ring (bicyclic) bond motifs is 1. The molecule has 104 valence electrons. The molecule has 0 fully saturated rings. The van der Waals surface area contributed by atoms with Gasteiger partial charge in [0, 0.05) is 11.1 Å². The van der Waals surface area contributed by atoms with Gasteiger partial charge in [-0.15, -0.1) is 0 Å². The first kappa shape index (κ1) is 12.9. The molecule has 2 aliphatic rings. The predicted octanol–water partition coefficient (Wildman–Crippen LogP) is 3.23. The van der Waals surface area contributed by atoms with E-state index in [1.165, 1.54) is 30.3 Å². The number of rotatable bonds is 3. The van der Waals surface area contributed by atoms with Crippen LogP contribution in [0.5, 0.6) is 5.75 Å². The number of ketones is 1. The van der Waals surface area contributed by atoms with Crippen molar-refractivity contribution in [3.05, 3.63) is 70.0 Å². The van der Waals surface area contributed by atoms with Gasteiger partial charge >= 0.3 is 5.88 Å². The highest BCUT2D eigenvalue weighted by Crippen LogP contribution is 2.33. The Hall–Kier alpha value is -3.15. The lowest BCUT2D eigenvalue weighted by molar-refractivity contribution is -0.403. The summed E-state index contributed by atoms with van der Waals surface area (Å²) >= 11 is 0. The van der Waals surface area contributed by atoms with Gasteiger partial charge in [-0.1, -0.05) is 18.2 Å². The van der Waals surface area contributed by atoms with E-state index in [0.717, 1.165) is 0 Å². The number of aromatic hydroxyl groups is 1. The van der Waals surface area contributed by atoms with E-state index in [0.29, 0.717) is 11.1 Å². The average Bonchev–Trinajstić information content (AvgIpc) is 2.94. The molecule has 1 aromatic carbocycles. The van der Waals surface area contributed by atoms with E-state index in [1.807, 2.05) is 0 Å². The summed E-state index contributed by atoms with van der Waals surface area (Å²) in [7, 11) is 0. The van der Waals surface area contributed by atoms with Gasteiger partial charge in [0.1, 0.15) is 10.7 Å². The van der Waals surface area contributed by atoms with E-state index >= 15 is 0 Å². The SMILES string of the molecule is O=C(c1ccc(O)cc1)c1oc([N+](=O)[O-])cc2cccc1-2. The number of hydrogen-bond acceptors (Lipinski definition) is 5. The van der Waals surface area contributed by atoms with Gasteiger partial charge in [0.15, 0.2) is 5.76 Å². The Labute approximate surface area is 118 Å². The zero-order valence-electron chi connectivity index (χ0n) is 10.6. The normalized spacial score (nSPS) is 10.7. The number of hydrogen-bond donors (Lipinski definition) is 1. The molecule has 1 aromatic rings. The number of phenolic OH excluding ortho intramolecular Hbond substituents is 1. The molecule has 0 radical (unpaired) electrons. The minimum atomic E-state index is -0.681. The van der Waals surface area contributed by atoms with Crippen LogP contribution in [0.2, 0.25) is 0 Å². The first-order valence-corrected chi connectivity index (χ1v) is 6.07. The molecule has 3 rings (SSSR count). The monoisotopic (exact) mass is 283 g/mol. The molecule has 0 aromatic heterocycles. The zero-order valence-corrected chi connectivity index (χ0v) is 10.6. The van der Waals surface area contributed by atoms with Crippen molar-refractivity contribution >= 4 is 11.7 Å². The van der Waals surface area contributed by atoms with Crippen LogP contribution in [0, 0.1) is 10.1 Å². The standard InChI is InChI=1S/C15H9NO5/c17-11-6-4-9(5-7-11)14(18)15-12-3-1-2-10(12)8-13(21-15)16(19)20/h1-8,17H. The Morgan fingerprint density at radius 2 is 1.86 bits per heavy atom. The maximum atomic E-state index is 12.4. The van der Waals surface area contributed by atoms with Crippen molar-refractivity contribution < 1.29 is 19.2 Å². The number of carbonyl (C=O) groups is 1. The fourth-order valence-corrected chi connectivity index (χ4v) is 2.09. The molecule has 6 nitrogen and oxygen atoms in total. The molecule has 0 saturated heterocycles. The Bertz CT molecular complexity index is 803. The highest BCUT2D eigenvalue weighted by molar-refractivity contribution is 6.11.